The Hall–Kier alpha value is -3.15. The Morgan fingerprint density at radius 1 is 1.04 bits per heavy atom. The summed E-state index contributed by atoms with van der Waals surface area (Å²) in [6.45, 7) is 6.40. The third-order valence-corrected chi connectivity index (χ3v) is 4.83. The number of rotatable bonds is 7. The predicted octanol–water partition coefficient (Wildman–Crippen LogP) is 3.71. The maximum atomic E-state index is 12.7. The fraction of sp³-hybridized carbons (Fsp3) is 0.318. The summed E-state index contributed by atoms with van der Waals surface area (Å²) in [6, 6.07) is 13.5. The van der Waals surface area contributed by atoms with E-state index in [0.717, 1.165) is 34.3 Å². The standard InChI is InChI=1S/C22H26N4O2/c1-4-8-21(27)23-13-20-24-18-10-5-6-12-19(18)26(20)14-22(28)25-17-11-7-9-15(2)16(17)3/h5-7,9-12H,4,8,13-14H2,1-3H3,(H,23,27)(H,25,28). The molecule has 0 saturated carbocycles. The second kappa shape index (κ2) is 8.69. The van der Waals surface area contributed by atoms with E-state index in [1.54, 1.807) is 0 Å². The van der Waals surface area contributed by atoms with Crippen LogP contribution in [-0.4, -0.2) is 21.4 Å². The number of para-hydroxylation sites is 2. The van der Waals surface area contributed by atoms with Crippen molar-refractivity contribution in [1.29, 1.82) is 0 Å². The van der Waals surface area contributed by atoms with Crippen LogP contribution in [0.2, 0.25) is 0 Å². The fourth-order valence-corrected chi connectivity index (χ4v) is 3.15. The topological polar surface area (TPSA) is 76.0 Å². The van der Waals surface area contributed by atoms with Gasteiger partial charge in [-0.05, 0) is 49.6 Å². The summed E-state index contributed by atoms with van der Waals surface area (Å²) in [5, 5.41) is 5.88. The minimum atomic E-state index is -0.127. The molecule has 3 aromatic rings. The zero-order valence-corrected chi connectivity index (χ0v) is 16.6. The van der Waals surface area contributed by atoms with E-state index in [0.29, 0.717) is 18.8 Å². The lowest BCUT2D eigenvalue weighted by Gasteiger charge is -2.13. The summed E-state index contributed by atoms with van der Waals surface area (Å²) in [5.41, 5.74) is 4.68. The van der Waals surface area contributed by atoms with E-state index in [-0.39, 0.29) is 18.4 Å². The molecule has 0 saturated heterocycles. The molecular weight excluding hydrogens is 352 g/mol. The largest absolute Gasteiger partial charge is 0.349 e. The van der Waals surface area contributed by atoms with Crippen LogP contribution in [-0.2, 0) is 22.7 Å². The molecular formula is C22H26N4O2. The van der Waals surface area contributed by atoms with Gasteiger partial charge in [0.1, 0.15) is 12.4 Å². The first kappa shape index (κ1) is 19.6. The minimum Gasteiger partial charge on any atom is -0.349 e. The van der Waals surface area contributed by atoms with Crippen molar-refractivity contribution in [1.82, 2.24) is 14.9 Å². The van der Waals surface area contributed by atoms with Gasteiger partial charge in [-0.15, -0.1) is 0 Å². The molecule has 0 spiro atoms. The van der Waals surface area contributed by atoms with Gasteiger partial charge in [-0.2, -0.15) is 0 Å². The highest BCUT2D eigenvalue weighted by molar-refractivity contribution is 5.92. The van der Waals surface area contributed by atoms with Crippen LogP contribution in [0.3, 0.4) is 0 Å². The van der Waals surface area contributed by atoms with E-state index in [2.05, 4.69) is 15.6 Å². The maximum Gasteiger partial charge on any atom is 0.244 e. The van der Waals surface area contributed by atoms with Gasteiger partial charge < -0.3 is 15.2 Å². The fourth-order valence-electron chi connectivity index (χ4n) is 3.15. The van der Waals surface area contributed by atoms with Gasteiger partial charge in [0.15, 0.2) is 0 Å². The number of aryl methyl sites for hydroxylation is 1. The van der Waals surface area contributed by atoms with Gasteiger partial charge in [0, 0.05) is 12.1 Å². The average molecular weight is 378 g/mol. The molecule has 28 heavy (non-hydrogen) atoms. The third-order valence-electron chi connectivity index (χ3n) is 4.83. The van der Waals surface area contributed by atoms with E-state index in [9.17, 15) is 9.59 Å². The van der Waals surface area contributed by atoms with Crippen molar-refractivity contribution in [3.05, 3.63) is 59.4 Å². The van der Waals surface area contributed by atoms with Crippen LogP contribution in [0.1, 0.15) is 36.7 Å². The summed E-state index contributed by atoms with van der Waals surface area (Å²) < 4.78 is 1.86. The van der Waals surface area contributed by atoms with Gasteiger partial charge >= 0.3 is 0 Å². The van der Waals surface area contributed by atoms with Crippen LogP contribution < -0.4 is 10.6 Å². The molecule has 146 valence electrons. The Morgan fingerprint density at radius 3 is 2.61 bits per heavy atom. The smallest absolute Gasteiger partial charge is 0.244 e. The number of benzene rings is 2. The van der Waals surface area contributed by atoms with Crippen LogP contribution in [0.5, 0.6) is 0 Å². The van der Waals surface area contributed by atoms with Crippen molar-refractivity contribution >= 4 is 28.5 Å². The van der Waals surface area contributed by atoms with Crippen molar-refractivity contribution in [3.8, 4) is 0 Å². The number of nitrogens with zero attached hydrogens (tertiary/aromatic N) is 2. The molecule has 6 nitrogen and oxygen atoms in total. The van der Waals surface area contributed by atoms with E-state index >= 15 is 0 Å². The van der Waals surface area contributed by atoms with E-state index < -0.39 is 0 Å². The molecule has 2 aromatic carbocycles. The minimum absolute atomic E-state index is 0.0130. The Labute approximate surface area is 165 Å². The van der Waals surface area contributed by atoms with Gasteiger partial charge in [-0.1, -0.05) is 31.2 Å². The van der Waals surface area contributed by atoms with Crippen molar-refractivity contribution in [2.45, 2.75) is 46.7 Å². The highest BCUT2D eigenvalue weighted by Gasteiger charge is 2.15. The summed E-state index contributed by atoms with van der Waals surface area (Å²) in [4.78, 5) is 29.2. The SMILES string of the molecule is CCCC(=O)NCc1nc2ccccc2n1CC(=O)Nc1cccc(C)c1C. The van der Waals surface area contributed by atoms with Gasteiger partial charge in [-0.3, -0.25) is 9.59 Å². The molecule has 0 bridgehead atoms. The highest BCUT2D eigenvalue weighted by atomic mass is 16.2. The summed E-state index contributed by atoms with van der Waals surface area (Å²) >= 11 is 0. The van der Waals surface area contributed by atoms with Gasteiger partial charge in [0.2, 0.25) is 11.8 Å². The molecule has 1 heterocycles. The molecule has 2 amide bonds. The first-order valence-corrected chi connectivity index (χ1v) is 9.56. The van der Waals surface area contributed by atoms with Crippen LogP contribution in [0.15, 0.2) is 42.5 Å². The number of amides is 2. The molecule has 0 aliphatic carbocycles. The van der Waals surface area contributed by atoms with Crippen molar-refractivity contribution < 1.29 is 9.59 Å². The van der Waals surface area contributed by atoms with E-state index in [4.69, 9.17) is 0 Å². The maximum absolute atomic E-state index is 12.7. The number of hydrogen-bond acceptors (Lipinski definition) is 3. The normalized spacial score (nSPS) is 10.8. The van der Waals surface area contributed by atoms with Crippen LogP contribution in [0.4, 0.5) is 5.69 Å². The molecule has 0 fully saturated rings. The number of hydrogen-bond donors (Lipinski definition) is 2. The number of carbonyl (C=O) groups is 2. The van der Waals surface area contributed by atoms with Crippen LogP contribution >= 0.6 is 0 Å². The molecule has 3 rings (SSSR count). The lowest BCUT2D eigenvalue weighted by molar-refractivity contribution is -0.121. The zero-order valence-electron chi connectivity index (χ0n) is 16.6. The molecule has 0 unspecified atom stereocenters. The number of nitrogens with one attached hydrogen (secondary N) is 2. The third kappa shape index (κ3) is 4.39. The predicted molar refractivity (Wildman–Crippen MR) is 111 cm³/mol. The summed E-state index contributed by atoms with van der Waals surface area (Å²) in [5.74, 6) is 0.528. The van der Waals surface area contributed by atoms with Crippen molar-refractivity contribution in [2.24, 2.45) is 0 Å². The number of anilines is 1. The second-order valence-corrected chi connectivity index (χ2v) is 6.93. The number of aromatic nitrogens is 2. The number of carbonyl (C=O) groups excluding carboxylic acids is 2. The first-order valence-electron chi connectivity index (χ1n) is 9.56. The van der Waals surface area contributed by atoms with Crippen molar-refractivity contribution in [2.75, 3.05) is 5.32 Å². The summed E-state index contributed by atoms with van der Waals surface area (Å²) in [6.07, 6.45) is 1.27. The zero-order chi connectivity index (χ0) is 20.1. The molecule has 6 heteroatoms. The Kier molecular flexibility index (Phi) is 6.09. The lowest BCUT2D eigenvalue weighted by Crippen LogP contribution is -2.26. The molecule has 0 atom stereocenters. The van der Waals surface area contributed by atoms with E-state index in [1.807, 2.05) is 67.8 Å². The Morgan fingerprint density at radius 2 is 1.82 bits per heavy atom. The highest BCUT2D eigenvalue weighted by Crippen LogP contribution is 2.19. The molecule has 0 radical (unpaired) electrons. The van der Waals surface area contributed by atoms with Gasteiger partial charge in [0.25, 0.3) is 0 Å². The number of imidazole rings is 1. The lowest BCUT2D eigenvalue weighted by atomic mass is 10.1. The first-order chi connectivity index (χ1) is 13.5. The number of fused-ring (bicyclic) bond motifs is 1. The molecule has 0 aliphatic heterocycles. The van der Waals surface area contributed by atoms with Crippen molar-refractivity contribution in [3.63, 3.8) is 0 Å². The molecule has 0 aliphatic rings. The Balaban J connectivity index is 1.82. The van der Waals surface area contributed by atoms with E-state index in [1.165, 1.54) is 0 Å². The van der Waals surface area contributed by atoms with Gasteiger partial charge in [-0.25, -0.2) is 4.98 Å². The average Bonchev–Trinajstić information content (AvgIpc) is 3.01. The molecule has 2 N–H and O–H groups in total. The van der Waals surface area contributed by atoms with Crippen LogP contribution in [0.25, 0.3) is 11.0 Å². The summed E-state index contributed by atoms with van der Waals surface area (Å²) in [7, 11) is 0. The van der Waals surface area contributed by atoms with Gasteiger partial charge in [0.05, 0.1) is 17.6 Å². The quantitative estimate of drug-likeness (QED) is 0.658. The molecule has 1 aromatic heterocycles. The second-order valence-electron chi connectivity index (χ2n) is 6.93. The monoisotopic (exact) mass is 378 g/mol. The van der Waals surface area contributed by atoms with Crippen LogP contribution in [0, 0.1) is 13.8 Å². The Bertz CT molecular complexity index is 1010.